The van der Waals surface area contributed by atoms with Gasteiger partial charge in [-0.15, -0.1) is 0 Å². The fourth-order valence-corrected chi connectivity index (χ4v) is 3.27. The summed E-state index contributed by atoms with van der Waals surface area (Å²) >= 11 is 0. The molecule has 1 aliphatic rings. The van der Waals surface area contributed by atoms with Crippen LogP contribution in [0.1, 0.15) is 30.6 Å². The molecular formula is C17H19F3N4. The third kappa shape index (κ3) is 3.21. The van der Waals surface area contributed by atoms with Crippen molar-refractivity contribution in [2.24, 2.45) is 0 Å². The molecule has 7 heteroatoms. The third-order valence-electron chi connectivity index (χ3n) is 4.39. The maximum Gasteiger partial charge on any atom is 0.194 e. The molecule has 0 spiro atoms. The van der Waals surface area contributed by atoms with E-state index in [1.54, 1.807) is 0 Å². The Morgan fingerprint density at radius 1 is 1.17 bits per heavy atom. The molecule has 2 atom stereocenters. The second kappa shape index (κ2) is 6.76. The highest BCUT2D eigenvalue weighted by molar-refractivity contribution is 5.38. The SMILES string of the molecule is CCN1CCC(Nc2cc(C)ncn2)C1c1cc(F)c(F)c(F)c1. The minimum absolute atomic E-state index is 0.0801. The van der Waals surface area contributed by atoms with Crippen molar-refractivity contribution in [1.82, 2.24) is 14.9 Å². The van der Waals surface area contributed by atoms with Gasteiger partial charge in [-0.2, -0.15) is 0 Å². The summed E-state index contributed by atoms with van der Waals surface area (Å²) in [4.78, 5) is 10.3. The van der Waals surface area contributed by atoms with E-state index in [2.05, 4.69) is 20.2 Å². The molecule has 1 aromatic heterocycles. The van der Waals surface area contributed by atoms with Gasteiger partial charge >= 0.3 is 0 Å². The molecule has 0 radical (unpaired) electrons. The number of nitrogens with zero attached hydrogens (tertiary/aromatic N) is 3. The standard InChI is InChI=1S/C17H19F3N4/c1-3-24-5-4-14(23-15-6-10(2)21-9-22-15)17(24)11-7-12(18)16(20)13(19)8-11/h6-9,14,17H,3-5H2,1-2H3,(H,21,22,23). The molecule has 1 aliphatic heterocycles. The normalized spacial score (nSPS) is 21.2. The third-order valence-corrected chi connectivity index (χ3v) is 4.39. The van der Waals surface area contributed by atoms with Crippen LogP contribution in [0.3, 0.4) is 0 Å². The van der Waals surface area contributed by atoms with Crippen molar-refractivity contribution < 1.29 is 13.2 Å². The molecule has 1 aromatic carbocycles. The van der Waals surface area contributed by atoms with Crippen LogP contribution in [0, 0.1) is 24.4 Å². The Labute approximate surface area is 138 Å². The molecule has 1 saturated heterocycles. The zero-order chi connectivity index (χ0) is 17.3. The summed E-state index contributed by atoms with van der Waals surface area (Å²) in [5, 5.41) is 3.32. The first-order chi connectivity index (χ1) is 11.5. The van der Waals surface area contributed by atoms with Crippen LogP contribution in [0.5, 0.6) is 0 Å². The second-order valence-corrected chi connectivity index (χ2v) is 5.96. The maximum absolute atomic E-state index is 13.7. The average molecular weight is 336 g/mol. The molecular weight excluding hydrogens is 317 g/mol. The van der Waals surface area contributed by atoms with Crippen molar-refractivity contribution in [3.8, 4) is 0 Å². The number of likely N-dealkylation sites (N-methyl/N-ethyl adjacent to an activating group) is 1. The van der Waals surface area contributed by atoms with Crippen LogP contribution in [0.25, 0.3) is 0 Å². The fourth-order valence-electron chi connectivity index (χ4n) is 3.27. The number of hydrogen-bond acceptors (Lipinski definition) is 4. The number of aryl methyl sites for hydroxylation is 1. The van der Waals surface area contributed by atoms with Gasteiger partial charge in [0.25, 0.3) is 0 Å². The van der Waals surface area contributed by atoms with Gasteiger partial charge in [0.1, 0.15) is 12.1 Å². The predicted molar refractivity (Wildman–Crippen MR) is 85.1 cm³/mol. The van der Waals surface area contributed by atoms with E-state index in [4.69, 9.17) is 0 Å². The van der Waals surface area contributed by atoms with Crippen molar-refractivity contribution in [2.45, 2.75) is 32.4 Å². The summed E-state index contributed by atoms with van der Waals surface area (Å²) in [5.41, 5.74) is 1.25. The van der Waals surface area contributed by atoms with E-state index < -0.39 is 17.5 Å². The minimum Gasteiger partial charge on any atom is -0.365 e. The predicted octanol–water partition coefficient (Wildman–Crippen LogP) is 3.45. The van der Waals surface area contributed by atoms with Crippen molar-refractivity contribution in [3.05, 3.63) is 53.2 Å². The molecule has 24 heavy (non-hydrogen) atoms. The highest BCUT2D eigenvalue weighted by Crippen LogP contribution is 2.35. The minimum atomic E-state index is -1.43. The summed E-state index contributed by atoms with van der Waals surface area (Å²) in [6.07, 6.45) is 2.26. The van der Waals surface area contributed by atoms with Crippen LogP contribution in [0.2, 0.25) is 0 Å². The molecule has 4 nitrogen and oxygen atoms in total. The van der Waals surface area contributed by atoms with E-state index >= 15 is 0 Å². The zero-order valence-electron chi connectivity index (χ0n) is 13.6. The zero-order valence-corrected chi connectivity index (χ0v) is 13.6. The number of anilines is 1. The number of halogens is 3. The average Bonchev–Trinajstić information content (AvgIpc) is 2.95. The summed E-state index contributed by atoms with van der Waals surface area (Å²) in [7, 11) is 0. The Morgan fingerprint density at radius 2 is 1.88 bits per heavy atom. The van der Waals surface area contributed by atoms with Gasteiger partial charge in [-0.3, -0.25) is 4.90 Å². The van der Waals surface area contributed by atoms with Gasteiger partial charge in [0, 0.05) is 24.3 Å². The molecule has 2 aromatic rings. The van der Waals surface area contributed by atoms with Crippen molar-refractivity contribution in [2.75, 3.05) is 18.4 Å². The molecule has 1 fully saturated rings. The van der Waals surface area contributed by atoms with Crippen LogP contribution >= 0.6 is 0 Å². The Balaban J connectivity index is 1.92. The molecule has 0 amide bonds. The first-order valence-corrected chi connectivity index (χ1v) is 7.93. The number of likely N-dealkylation sites (tertiary alicyclic amines) is 1. The van der Waals surface area contributed by atoms with Crippen molar-refractivity contribution in [3.63, 3.8) is 0 Å². The lowest BCUT2D eigenvalue weighted by Gasteiger charge is -2.28. The fraction of sp³-hybridized carbons (Fsp3) is 0.412. The topological polar surface area (TPSA) is 41.0 Å². The van der Waals surface area contributed by atoms with Gasteiger partial charge in [-0.05, 0) is 37.6 Å². The Hall–Kier alpha value is -2.15. The molecule has 1 N–H and O–H groups in total. The molecule has 3 rings (SSSR count). The maximum atomic E-state index is 13.7. The van der Waals surface area contributed by atoms with E-state index in [1.165, 1.54) is 6.33 Å². The van der Waals surface area contributed by atoms with Gasteiger partial charge in [-0.1, -0.05) is 6.92 Å². The monoisotopic (exact) mass is 336 g/mol. The number of benzene rings is 1. The number of aromatic nitrogens is 2. The van der Waals surface area contributed by atoms with Crippen LogP contribution in [0.4, 0.5) is 19.0 Å². The largest absolute Gasteiger partial charge is 0.365 e. The number of rotatable bonds is 4. The smallest absolute Gasteiger partial charge is 0.194 e. The Kier molecular flexibility index (Phi) is 4.71. The summed E-state index contributed by atoms with van der Waals surface area (Å²) in [6, 6.07) is 3.64. The first-order valence-electron chi connectivity index (χ1n) is 7.93. The molecule has 0 bridgehead atoms. The van der Waals surface area contributed by atoms with E-state index in [0.717, 1.165) is 37.3 Å². The lowest BCUT2D eigenvalue weighted by molar-refractivity contribution is 0.263. The van der Waals surface area contributed by atoms with Gasteiger partial charge in [0.2, 0.25) is 0 Å². The summed E-state index contributed by atoms with van der Waals surface area (Å²) in [6.45, 7) is 5.36. The van der Waals surface area contributed by atoms with E-state index in [-0.39, 0.29) is 12.1 Å². The van der Waals surface area contributed by atoms with E-state index in [1.807, 2.05) is 19.9 Å². The first kappa shape index (κ1) is 16.7. The molecule has 2 heterocycles. The van der Waals surface area contributed by atoms with Crippen molar-refractivity contribution >= 4 is 5.82 Å². The molecule has 2 unspecified atom stereocenters. The van der Waals surface area contributed by atoms with Crippen LogP contribution < -0.4 is 5.32 Å². The highest BCUT2D eigenvalue weighted by Gasteiger charge is 2.35. The van der Waals surface area contributed by atoms with Gasteiger partial charge in [0.05, 0.1) is 6.04 Å². The van der Waals surface area contributed by atoms with Gasteiger partial charge in [-0.25, -0.2) is 23.1 Å². The molecule has 0 aliphatic carbocycles. The second-order valence-electron chi connectivity index (χ2n) is 5.96. The summed E-state index contributed by atoms with van der Waals surface area (Å²) < 4.78 is 40.6. The highest BCUT2D eigenvalue weighted by atomic mass is 19.2. The quantitative estimate of drug-likeness (QED) is 0.869. The molecule has 128 valence electrons. The molecule has 0 saturated carbocycles. The number of nitrogens with one attached hydrogen (secondary N) is 1. The van der Waals surface area contributed by atoms with Crippen LogP contribution in [0.15, 0.2) is 24.5 Å². The number of hydrogen-bond donors (Lipinski definition) is 1. The van der Waals surface area contributed by atoms with Crippen LogP contribution in [-0.4, -0.2) is 34.0 Å². The Morgan fingerprint density at radius 3 is 2.50 bits per heavy atom. The van der Waals surface area contributed by atoms with Crippen molar-refractivity contribution in [1.29, 1.82) is 0 Å². The van der Waals surface area contributed by atoms with Gasteiger partial charge in [0.15, 0.2) is 17.5 Å². The Bertz CT molecular complexity index is 715. The van der Waals surface area contributed by atoms with E-state index in [9.17, 15) is 13.2 Å². The van der Waals surface area contributed by atoms with E-state index in [0.29, 0.717) is 11.4 Å². The lowest BCUT2D eigenvalue weighted by atomic mass is 9.99. The van der Waals surface area contributed by atoms with Crippen LogP contribution in [-0.2, 0) is 0 Å². The summed E-state index contributed by atoms with van der Waals surface area (Å²) in [5.74, 6) is -3.09. The lowest BCUT2D eigenvalue weighted by Crippen LogP contribution is -2.31. The van der Waals surface area contributed by atoms with Gasteiger partial charge < -0.3 is 5.32 Å².